The molecule has 0 spiro atoms. The van der Waals surface area contributed by atoms with Crippen molar-refractivity contribution in [2.45, 2.75) is 44.9 Å². The largest absolute Gasteiger partial charge is 0.332 e. The van der Waals surface area contributed by atoms with Gasteiger partial charge < -0.3 is 4.57 Å². The Morgan fingerprint density at radius 3 is 2.80 bits per heavy atom. The molecule has 7 heteroatoms. The Morgan fingerprint density at radius 2 is 2.08 bits per heavy atom. The number of halogens is 1. The van der Waals surface area contributed by atoms with E-state index < -0.39 is 15.8 Å². The van der Waals surface area contributed by atoms with Crippen LogP contribution in [0.15, 0.2) is 30.5 Å². The van der Waals surface area contributed by atoms with Gasteiger partial charge >= 0.3 is 0 Å². The fraction of sp³-hybridized carbons (Fsp3) is 0.500. The molecule has 0 radical (unpaired) electrons. The highest BCUT2D eigenvalue weighted by Gasteiger charge is 2.34. The molecule has 2 aromatic rings. The summed E-state index contributed by atoms with van der Waals surface area (Å²) in [6.45, 7) is 5.90. The zero-order valence-corrected chi connectivity index (χ0v) is 15.5. The lowest BCUT2D eigenvalue weighted by Crippen LogP contribution is -2.30. The van der Waals surface area contributed by atoms with E-state index >= 15 is 0 Å². The lowest BCUT2D eigenvalue weighted by atomic mass is 10.1. The van der Waals surface area contributed by atoms with Crippen LogP contribution in [0.25, 0.3) is 0 Å². The molecular formula is C18H24FN3O2S. The molecule has 1 aromatic heterocycles. The van der Waals surface area contributed by atoms with Gasteiger partial charge in [0.05, 0.1) is 5.75 Å². The number of benzene rings is 1. The number of nitrogens with zero attached hydrogens (tertiary/aromatic N) is 3. The minimum absolute atomic E-state index is 0.0932. The summed E-state index contributed by atoms with van der Waals surface area (Å²) in [5.41, 5.74) is 1.32. The van der Waals surface area contributed by atoms with Crippen molar-refractivity contribution in [2.75, 3.05) is 13.1 Å². The Kier molecular flexibility index (Phi) is 5.24. The first-order valence-corrected chi connectivity index (χ1v) is 10.3. The number of sulfonamides is 1. The molecule has 1 aromatic carbocycles. The van der Waals surface area contributed by atoms with Crippen molar-refractivity contribution in [3.05, 3.63) is 53.4 Å². The van der Waals surface area contributed by atoms with Gasteiger partial charge in [0.25, 0.3) is 0 Å². The molecule has 1 saturated heterocycles. The second-order valence-electron chi connectivity index (χ2n) is 6.60. The standard InChI is InChI=1S/C18H24FN3O2S/c1-3-9-22-14(2)11-20-18(22)15-8-10-21(12-15)25(23,24)13-16-6-4-5-7-17(16)19/h4-7,11,15H,3,8-10,12-13H2,1-2H3. The summed E-state index contributed by atoms with van der Waals surface area (Å²) in [5.74, 6) is 0.281. The van der Waals surface area contributed by atoms with Crippen LogP contribution in [-0.2, 0) is 22.3 Å². The molecule has 0 saturated carbocycles. The molecule has 1 fully saturated rings. The van der Waals surface area contributed by atoms with E-state index in [1.165, 1.54) is 16.4 Å². The van der Waals surface area contributed by atoms with Gasteiger partial charge in [0.2, 0.25) is 10.0 Å². The third kappa shape index (κ3) is 3.77. The third-order valence-electron chi connectivity index (χ3n) is 4.74. The normalized spacial score (nSPS) is 18.8. The van der Waals surface area contributed by atoms with Gasteiger partial charge in [-0.1, -0.05) is 25.1 Å². The highest BCUT2D eigenvalue weighted by Crippen LogP contribution is 2.30. The first-order chi connectivity index (χ1) is 11.9. The maximum absolute atomic E-state index is 13.8. The van der Waals surface area contributed by atoms with Crippen molar-refractivity contribution in [3.8, 4) is 0 Å². The summed E-state index contributed by atoms with van der Waals surface area (Å²) in [6, 6.07) is 6.04. The fourth-order valence-corrected chi connectivity index (χ4v) is 5.02. The monoisotopic (exact) mass is 365 g/mol. The zero-order valence-electron chi connectivity index (χ0n) is 14.7. The van der Waals surface area contributed by atoms with Crippen LogP contribution in [0.1, 0.15) is 42.8 Å². The number of aromatic nitrogens is 2. The molecular weight excluding hydrogens is 341 g/mol. The molecule has 136 valence electrons. The molecule has 0 aliphatic carbocycles. The summed E-state index contributed by atoms with van der Waals surface area (Å²) in [6.07, 6.45) is 3.60. The zero-order chi connectivity index (χ0) is 18.0. The number of hydrogen-bond donors (Lipinski definition) is 0. The Morgan fingerprint density at radius 1 is 1.32 bits per heavy atom. The first kappa shape index (κ1) is 18.1. The summed E-state index contributed by atoms with van der Waals surface area (Å²) >= 11 is 0. The van der Waals surface area contributed by atoms with E-state index in [9.17, 15) is 12.8 Å². The molecule has 1 aliphatic rings. The molecule has 0 amide bonds. The summed E-state index contributed by atoms with van der Waals surface area (Å²) in [7, 11) is -3.54. The number of rotatable bonds is 6. The van der Waals surface area contributed by atoms with Crippen LogP contribution in [0.4, 0.5) is 4.39 Å². The minimum Gasteiger partial charge on any atom is -0.332 e. The number of hydrogen-bond acceptors (Lipinski definition) is 3. The summed E-state index contributed by atoms with van der Waals surface area (Å²) in [5, 5.41) is 0. The molecule has 1 unspecified atom stereocenters. The van der Waals surface area contributed by atoms with E-state index in [0.29, 0.717) is 13.1 Å². The van der Waals surface area contributed by atoms with Crippen LogP contribution in [-0.4, -0.2) is 35.4 Å². The third-order valence-corrected chi connectivity index (χ3v) is 6.53. The van der Waals surface area contributed by atoms with Gasteiger partial charge in [-0.05, 0) is 25.8 Å². The Hall–Kier alpha value is -1.73. The number of aryl methyl sites for hydroxylation is 1. The molecule has 0 N–H and O–H groups in total. The van der Waals surface area contributed by atoms with Crippen molar-refractivity contribution in [1.82, 2.24) is 13.9 Å². The average molecular weight is 365 g/mol. The maximum Gasteiger partial charge on any atom is 0.218 e. The van der Waals surface area contributed by atoms with Gasteiger partial charge in [-0.3, -0.25) is 0 Å². The lowest BCUT2D eigenvalue weighted by Gasteiger charge is -2.17. The topological polar surface area (TPSA) is 55.2 Å². The fourth-order valence-electron chi connectivity index (χ4n) is 3.41. The van der Waals surface area contributed by atoms with Crippen LogP contribution in [0.5, 0.6) is 0 Å². The molecule has 1 atom stereocenters. The summed E-state index contributed by atoms with van der Waals surface area (Å²) < 4.78 is 42.8. The van der Waals surface area contributed by atoms with Crippen LogP contribution in [0.3, 0.4) is 0 Å². The van der Waals surface area contributed by atoms with Crippen molar-refractivity contribution in [2.24, 2.45) is 0 Å². The molecule has 2 heterocycles. The lowest BCUT2D eigenvalue weighted by molar-refractivity contribution is 0.466. The second kappa shape index (κ2) is 7.25. The predicted molar refractivity (Wildman–Crippen MR) is 95.2 cm³/mol. The maximum atomic E-state index is 13.8. The van der Waals surface area contributed by atoms with E-state index in [1.807, 2.05) is 13.1 Å². The Bertz CT molecular complexity index is 848. The van der Waals surface area contributed by atoms with Gasteiger partial charge in [-0.15, -0.1) is 0 Å². The van der Waals surface area contributed by atoms with Crippen LogP contribution >= 0.6 is 0 Å². The van der Waals surface area contributed by atoms with E-state index in [-0.39, 0.29) is 17.2 Å². The van der Waals surface area contributed by atoms with Crippen LogP contribution in [0, 0.1) is 12.7 Å². The summed E-state index contributed by atoms with van der Waals surface area (Å²) in [4.78, 5) is 4.51. The smallest absolute Gasteiger partial charge is 0.218 e. The van der Waals surface area contributed by atoms with E-state index in [2.05, 4.69) is 16.5 Å². The van der Waals surface area contributed by atoms with Crippen molar-refractivity contribution in [3.63, 3.8) is 0 Å². The van der Waals surface area contributed by atoms with Crippen molar-refractivity contribution >= 4 is 10.0 Å². The molecule has 25 heavy (non-hydrogen) atoms. The van der Waals surface area contributed by atoms with Gasteiger partial charge in [0, 0.05) is 43.0 Å². The average Bonchev–Trinajstić information content (AvgIpc) is 3.18. The van der Waals surface area contributed by atoms with Gasteiger partial charge in [0.15, 0.2) is 0 Å². The Labute approximate surface area is 148 Å². The van der Waals surface area contributed by atoms with Crippen molar-refractivity contribution in [1.29, 1.82) is 0 Å². The first-order valence-electron chi connectivity index (χ1n) is 8.65. The molecule has 3 rings (SSSR count). The highest BCUT2D eigenvalue weighted by molar-refractivity contribution is 7.88. The van der Waals surface area contributed by atoms with E-state index in [4.69, 9.17) is 0 Å². The second-order valence-corrected chi connectivity index (χ2v) is 8.57. The van der Waals surface area contributed by atoms with Gasteiger partial charge in [-0.2, -0.15) is 0 Å². The van der Waals surface area contributed by atoms with Crippen LogP contribution < -0.4 is 0 Å². The quantitative estimate of drug-likeness (QED) is 0.791. The predicted octanol–water partition coefficient (Wildman–Crippen LogP) is 3.06. The minimum atomic E-state index is -3.54. The van der Waals surface area contributed by atoms with Gasteiger partial charge in [0.1, 0.15) is 11.6 Å². The van der Waals surface area contributed by atoms with Crippen molar-refractivity contribution < 1.29 is 12.8 Å². The van der Waals surface area contributed by atoms with E-state index in [1.54, 1.807) is 12.1 Å². The molecule has 5 nitrogen and oxygen atoms in total. The Balaban J connectivity index is 1.75. The van der Waals surface area contributed by atoms with E-state index in [0.717, 1.165) is 30.9 Å². The van der Waals surface area contributed by atoms with Crippen LogP contribution in [0.2, 0.25) is 0 Å². The number of imidazole rings is 1. The molecule has 0 bridgehead atoms. The SMILES string of the molecule is CCCn1c(C)cnc1C1CCN(S(=O)(=O)Cc2ccccc2F)C1. The molecule has 1 aliphatic heterocycles. The van der Waals surface area contributed by atoms with Gasteiger partial charge in [-0.25, -0.2) is 22.1 Å². The highest BCUT2D eigenvalue weighted by atomic mass is 32.2.